The summed E-state index contributed by atoms with van der Waals surface area (Å²) >= 11 is 0. The van der Waals surface area contributed by atoms with Crippen molar-refractivity contribution < 1.29 is 4.79 Å². The van der Waals surface area contributed by atoms with Crippen LogP contribution in [-0.4, -0.2) is 30.9 Å². The van der Waals surface area contributed by atoms with Gasteiger partial charge in [0.1, 0.15) is 0 Å². The Balaban J connectivity index is 2.90. The van der Waals surface area contributed by atoms with Crippen molar-refractivity contribution in [1.29, 1.82) is 0 Å². The molecule has 0 saturated carbocycles. The predicted molar refractivity (Wildman–Crippen MR) is 91.0 cm³/mol. The van der Waals surface area contributed by atoms with Crippen molar-refractivity contribution in [2.75, 3.05) is 19.4 Å². The fourth-order valence-electron chi connectivity index (χ4n) is 2.37. The SMILES string of the molecule is CCC(C)CC(CC)Nc1cc(C(=O)N(C)C)ccc1C. The van der Waals surface area contributed by atoms with Crippen LogP contribution in [0.2, 0.25) is 0 Å². The van der Waals surface area contributed by atoms with Crippen molar-refractivity contribution in [2.24, 2.45) is 5.92 Å². The zero-order valence-electron chi connectivity index (χ0n) is 14.4. The van der Waals surface area contributed by atoms with Crippen LogP contribution >= 0.6 is 0 Å². The average molecular weight is 290 g/mol. The van der Waals surface area contributed by atoms with E-state index in [1.807, 2.05) is 18.2 Å². The molecule has 118 valence electrons. The number of rotatable bonds is 7. The van der Waals surface area contributed by atoms with Crippen LogP contribution in [0, 0.1) is 12.8 Å². The van der Waals surface area contributed by atoms with Crippen LogP contribution in [0.1, 0.15) is 56.0 Å². The van der Waals surface area contributed by atoms with E-state index >= 15 is 0 Å². The van der Waals surface area contributed by atoms with E-state index in [-0.39, 0.29) is 5.91 Å². The Morgan fingerprint density at radius 1 is 1.24 bits per heavy atom. The molecule has 0 fully saturated rings. The highest BCUT2D eigenvalue weighted by Crippen LogP contribution is 2.22. The van der Waals surface area contributed by atoms with Gasteiger partial charge in [0.05, 0.1) is 0 Å². The molecule has 2 atom stereocenters. The maximum atomic E-state index is 12.1. The van der Waals surface area contributed by atoms with Gasteiger partial charge in [-0.15, -0.1) is 0 Å². The highest BCUT2D eigenvalue weighted by atomic mass is 16.2. The number of nitrogens with one attached hydrogen (secondary N) is 1. The van der Waals surface area contributed by atoms with Gasteiger partial charge in [0.25, 0.3) is 5.91 Å². The number of hydrogen-bond donors (Lipinski definition) is 1. The molecule has 21 heavy (non-hydrogen) atoms. The first kappa shape index (κ1) is 17.5. The van der Waals surface area contributed by atoms with E-state index in [1.54, 1.807) is 19.0 Å². The summed E-state index contributed by atoms with van der Waals surface area (Å²) in [4.78, 5) is 13.7. The number of hydrogen-bond acceptors (Lipinski definition) is 2. The van der Waals surface area contributed by atoms with Crippen LogP contribution in [0.4, 0.5) is 5.69 Å². The van der Waals surface area contributed by atoms with Gasteiger partial charge in [0, 0.05) is 31.4 Å². The molecule has 0 bridgehead atoms. The van der Waals surface area contributed by atoms with Gasteiger partial charge in [0.2, 0.25) is 0 Å². The summed E-state index contributed by atoms with van der Waals surface area (Å²) in [6.45, 7) is 8.83. The Hall–Kier alpha value is -1.51. The van der Waals surface area contributed by atoms with Gasteiger partial charge >= 0.3 is 0 Å². The van der Waals surface area contributed by atoms with Crippen LogP contribution in [-0.2, 0) is 0 Å². The second-order valence-corrected chi connectivity index (χ2v) is 6.23. The molecule has 1 aromatic rings. The normalized spacial score (nSPS) is 13.6. The Bertz CT molecular complexity index is 468. The molecular weight excluding hydrogens is 260 g/mol. The molecule has 1 rings (SSSR count). The summed E-state index contributed by atoms with van der Waals surface area (Å²) in [5.74, 6) is 0.766. The number of carbonyl (C=O) groups excluding carboxylic acids is 1. The Morgan fingerprint density at radius 3 is 2.43 bits per heavy atom. The Morgan fingerprint density at radius 2 is 1.90 bits per heavy atom. The minimum absolute atomic E-state index is 0.0491. The first-order valence-electron chi connectivity index (χ1n) is 7.97. The lowest BCUT2D eigenvalue weighted by Crippen LogP contribution is -2.24. The second-order valence-electron chi connectivity index (χ2n) is 6.23. The zero-order chi connectivity index (χ0) is 16.0. The summed E-state index contributed by atoms with van der Waals surface area (Å²) in [5.41, 5.74) is 3.01. The lowest BCUT2D eigenvalue weighted by molar-refractivity contribution is 0.0827. The minimum Gasteiger partial charge on any atom is -0.382 e. The maximum absolute atomic E-state index is 12.1. The van der Waals surface area contributed by atoms with Gasteiger partial charge in [-0.1, -0.05) is 33.3 Å². The van der Waals surface area contributed by atoms with Crippen LogP contribution in [0.5, 0.6) is 0 Å². The minimum atomic E-state index is 0.0491. The topological polar surface area (TPSA) is 32.3 Å². The van der Waals surface area contributed by atoms with Crippen molar-refractivity contribution in [2.45, 2.75) is 53.0 Å². The van der Waals surface area contributed by atoms with Crippen molar-refractivity contribution >= 4 is 11.6 Å². The number of amides is 1. The highest BCUT2D eigenvalue weighted by Gasteiger charge is 2.14. The zero-order valence-corrected chi connectivity index (χ0v) is 14.4. The number of benzene rings is 1. The van der Waals surface area contributed by atoms with Crippen LogP contribution < -0.4 is 5.32 Å². The molecule has 1 aromatic carbocycles. The second kappa shape index (κ2) is 8.06. The fraction of sp³-hybridized carbons (Fsp3) is 0.611. The van der Waals surface area contributed by atoms with E-state index in [9.17, 15) is 4.79 Å². The smallest absolute Gasteiger partial charge is 0.253 e. The monoisotopic (exact) mass is 290 g/mol. The van der Waals surface area contributed by atoms with Crippen molar-refractivity contribution in [1.82, 2.24) is 4.90 Å². The molecule has 3 heteroatoms. The lowest BCUT2D eigenvalue weighted by atomic mass is 9.97. The molecule has 0 aliphatic rings. The number of nitrogens with zero attached hydrogens (tertiary/aromatic N) is 1. The predicted octanol–water partition coefficient (Wildman–Crippen LogP) is 4.32. The molecule has 1 amide bonds. The third-order valence-corrected chi connectivity index (χ3v) is 4.13. The molecule has 3 nitrogen and oxygen atoms in total. The van der Waals surface area contributed by atoms with E-state index in [4.69, 9.17) is 0 Å². The summed E-state index contributed by atoms with van der Waals surface area (Å²) in [7, 11) is 3.57. The molecule has 2 unspecified atom stereocenters. The maximum Gasteiger partial charge on any atom is 0.253 e. The van der Waals surface area contributed by atoms with Crippen molar-refractivity contribution in [3.63, 3.8) is 0 Å². The van der Waals surface area contributed by atoms with Gasteiger partial charge in [-0.3, -0.25) is 4.79 Å². The molecule has 0 saturated heterocycles. The highest BCUT2D eigenvalue weighted by molar-refractivity contribution is 5.95. The van der Waals surface area contributed by atoms with E-state index in [0.29, 0.717) is 12.0 Å². The summed E-state index contributed by atoms with van der Waals surface area (Å²) in [6.07, 6.45) is 3.46. The fourth-order valence-corrected chi connectivity index (χ4v) is 2.37. The number of carbonyl (C=O) groups is 1. The van der Waals surface area contributed by atoms with E-state index in [1.165, 1.54) is 12.0 Å². The summed E-state index contributed by atoms with van der Waals surface area (Å²) < 4.78 is 0. The van der Waals surface area contributed by atoms with Crippen molar-refractivity contribution in [3.8, 4) is 0 Å². The van der Waals surface area contributed by atoms with E-state index in [0.717, 1.165) is 24.1 Å². The number of anilines is 1. The molecule has 0 aliphatic heterocycles. The molecule has 0 radical (unpaired) electrons. The van der Waals surface area contributed by atoms with E-state index in [2.05, 4.69) is 33.0 Å². The first-order chi connectivity index (χ1) is 9.88. The molecule has 0 heterocycles. The lowest BCUT2D eigenvalue weighted by Gasteiger charge is -2.23. The number of aryl methyl sites for hydroxylation is 1. The quantitative estimate of drug-likeness (QED) is 0.811. The third kappa shape index (κ3) is 5.07. The standard InChI is InChI=1S/C18H30N2O/c1-7-13(3)11-16(8-2)19-17-12-15(10-9-14(17)4)18(21)20(5)6/h9-10,12-13,16,19H,7-8,11H2,1-6H3. The molecular formula is C18H30N2O. The van der Waals surface area contributed by atoms with Gasteiger partial charge in [-0.2, -0.15) is 0 Å². The van der Waals surface area contributed by atoms with Crippen LogP contribution in [0.25, 0.3) is 0 Å². The Labute approximate surface area is 129 Å². The van der Waals surface area contributed by atoms with Gasteiger partial charge < -0.3 is 10.2 Å². The van der Waals surface area contributed by atoms with E-state index < -0.39 is 0 Å². The van der Waals surface area contributed by atoms with Gasteiger partial charge in [0.15, 0.2) is 0 Å². The molecule has 0 aromatic heterocycles. The summed E-state index contributed by atoms with van der Waals surface area (Å²) in [5, 5.41) is 3.63. The molecule has 0 spiro atoms. The van der Waals surface area contributed by atoms with Crippen molar-refractivity contribution in [3.05, 3.63) is 29.3 Å². The third-order valence-electron chi connectivity index (χ3n) is 4.13. The van der Waals surface area contributed by atoms with Crippen LogP contribution in [0.3, 0.4) is 0 Å². The Kier molecular flexibility index (Phi) is 6.73. The van der Waals surface area contributed by atoms with Gasteiger partial charge in [-0.25, -0.2) is 0 Å². The molecule has 1 N–H and O–H groups in total. The van der Waals surface area contributed by atoms with Crippen LogP contribution in [0.15, 0.2) is 18.2 Å². The largest absolute Gasteiger partial charge is 0.382 e. The first-order valence-corrected chi connectivity index (χ1v) is 7.97. The summed E-state index contributed by atoms with van der Waals surface area (Å²) in [6, 6.07) is 6.37. The average Bonchev–Trinajstić information content (AvgIpc) is 2.47. The molecule has 0 aliphatic carbocycles. The van der Waals surface area contributed by atoms with Gasteiger partial charge in [-0.05, 0) is 43.4 Å².